The molecule has 2 aliphatic heterocycles. The molecule has 8 nitrogen and oxygen atoms in total. The van der Waals surface area contributed by atoms with E-state index in [0.717, 1.165) is 54.6 Å². The minimum absolute atomic E-state index is 0.198. The number of hydrogen-bond acceptors (Lipinski definition) is 8. The van der Waals surface area contributed by atoms with Gasteiger partial charge >= 0.3 is 0 Å². The van der Waals surface area contributed by atoms with Gasteiger partial charge in [0.25, 0.3) is 0 Å². The molecule has 2 fully saturated rings. The zero-order chi connectivity index (χ0) is 25.4. The molecule has 2 bridgehead atoms. The average Bonchev–Trinajstić information content (AvgIpc) is 3.23. The van der Waals surface area contributed by atoms with Crippen molar-refractivity contribution in [2.45, 2.75) is 42.7 Å². The highest BCUT2D eigenvalue weighted by Gasteiger charge is 2.40. The van der Waals surface area contributed by atoms with Crippen molar-refractivity contribution in [2.75, 3.05) is 33.4 Å². The number of methoxy groups -OCH3 is 1. The molecule has 2 aromatic carbocycles. The molecular weight excluding hydrogens is 488 g/mol. The van der Waals surface area contributed by atoms with Gasteiger partial charge < -0.3 is 18.8 Å². The third kappa shape index (κ3) is 4.94. The van der Waals surface area contributed by atoms with Gasteiger partial charge in [0.05, 0.1) is 35.6 Å². The van der Waals surface area contributed by atoms with E-state index in [4.69, 9.17) is 14.2 Å². The number of likely N-dealkylation sites (tertiary alicyclic amines) is 1. The first-order valence-corrected chi connectivity index (χ1v) is 13.9. The Balaban J connectivity index is 1.12. The van der Waals surface area contributed by atoms with Crippen molar-refractivity contribution < 1.29 is 18.8 Å². The summed E-state index contributed by atoms with van der Waals surface area (Å²) in [6.07, 6.45) is 5.61. The lowest BCUT2D eigenvalue weighted by molar-refractivity contribution is 0.171. The molecule has 3 aliphatic rings. The zero-order valence-corrected chi connectivity index (χ0v) is 21.6. The zero-order valence-electron chi connectivity index (χ0n) is 20.8. The van der Waals surface area contributed by atoms with Crippen molar-refractivity contribution in [1.82, 2.24) is 14.6 Å². The van der Waals surface area contributed by atoms with Crippen molar-refractivity contribution in [1.29, 1.82) is 5.26 Å². The first-order chi connectivity index (χ1) is 18.1. The lowest BCUT2D eigenvalue weighted by Crippen LogP contribution is -2.42. The first-order valence-electron chi connectivity index (χ1n) is 12.8. The molecule has 192 valence electrons. The summed E-state index contributed by atoms with van der Waals surface area (Å²) in [5, 5.41) is 10.7. The van der Waals surface area contributed by atoms with E-state index in [2.05, 4.69) is 20.7 Å². The fourth-order valence-electron chi connectivity index (χ4n) is 6.04. The Kier molecular flexibility index (Phi) is 6.82. The number of ether oxygens (including phenoxy) is 3. The minimum Gasteiger partial charge on any atom is -0.593 e. The summed E-state index contributed by atoms with van der Waals surface area (Å²) in [5.41, 5.74) is 2.53. The van der Waals surface area contributed by atoms with Gasteiger partial charge in [0.15, 0.2) is 16.4 Å². The number of hydrogen-bond donors (Lipinski definition) is 1. The predicted molar refractivity (Wildman–Crippen MR) is 140 cm³/mol. The molecule has 3 heterocycles. The number of nitrogens with one attached hydrogen (secondary N) is 1. The van der Waals surface area contributed by atoms with E-state index in [0.29, 0.717) is 47.1 Å². The molecule has 1 saturated carbocycles. The van der Waals surface area contributed by atoms with Crippen molar-refractivity contribution in [3.8, 4) is 23.3 Å². The molecule has 1 aliphatic carbocycles. The molecule has 3 aromatic rings. The molecule has 4 atom stereocenters. The second kappa shape index (κ2) is 10.4. The molecule has 0 radical (unpaired) electrons. The van der Waals surface area contributed by atoms with Crippen LogP contribution in [-0.2, 0) is 17.8 Å². The summed E-state index contributed by atoms with van der Waals surface area (Å²) in [5.74, 6) is 2.71. The summed E-state index contributed by atoms with van der Waals surface area (Å²) in [4.78, 5) is 7.72. The Hall–Kier alpha value is -3.03. The van der Waals surface area contributed by atoms with Crippen molar-refractivity contribution in [3.05, 3.63) is 53.7 Å². The number of rotatable bonds is 7. The van der Waals surface area contributed by atoms with E-state index in [1.165, 1.54) is 6.42 Å². The first kappa shape index (κ1) is 24.3. The SMILES string of the molecule is COc1ccc2ncc(C#N)c(CCN3CC4CC(N[S+]([O-])c5ccc6c(c5)OCCO6)CC3C4)c2c1. The van der Waals surface area contributed by atoms with Gasteiger partial charge in [-0.1, -0.05) is 0 Å². The normalized spacial score (nSPS) is 23.5. The van der Waals surface area contributed by atoms with Crippen molar-refractivity contribution in [2.24, 2.45) is 5.92 Å². The van der Waals surface area contributed by atoms with E-state index in [-0.39, 0.29) is 6.04 Å². The number of nitrogens with zero attached hydrogens (tertiary/aromatic N) is 3. The molecular formula is C28H30N4O4S. The fourth-order valence-corrected chi connectivity index (χ4v) is 7.07. The minimum atomic E-state index is -1.31. The molecule has 6 rings (SSSR count). The summed E-state index contributed by atoms with van der Waals surface area (Å²) in [6, 6.07) is 14.3. The average molecular weight is 519 g/mol. The fraction of sp³-hybridized carbons (Fsp3) is 0.429. The van der Waals surface area contributed by atoms with Crippen LogP contribution in [0, 0.1) is 17.2 Å². The number of aromatic nitrogens is 1. The van der Waals surface area contributed by atoms with Gasteiger partial charge in [-0.3, -0.25) is 9.88 Å². The second-order valence-corrected chi connectivity index (χ2v) is 11.3. The Morgan fingerprint density at radius 1 is 1.16 bits per heavy atom. The van der Waals surface area contributed by atoms with Crippen LogP contribution in [0.2, 0.25) is 0 Å². The Bertz CT molecular complexity index is 1350. The molecule has 1 saturated heterocycles. The van der Waals surface area contributed by atoms with Crippen LogP contribution in [0.1, 0.15) is 30.4 Å². The smallest absolute Gasteiger partial charge is 0.177 e. The van der Waals surface area contributed by atoms with Crippen LogP contribution >= 0.6 is 0 Å². The summed E-state index contributed by atoms with van der Waals surface area (Å²) >= 11 is -1.31. The van der Waals surface area contributed by atoms with Gasteiger partial charge in [0, 0.05) is 36.8 Å². The topological polar surface area (TPSA) is 103 Å². The number of nitriles is 1. The second-order valence-electron chi connectivity index (χ2n) is 10.0. The maximum Gasteiger partial charge on any atom is 0.177 e. The van der Waals surface area contributed by atoms with Gasteiger partial charge in [-0.05, 0) is 67.5 Å². The highest BCUT2D eigenvalue weighted by Crippen LogP contribution is 2.37. The Morgan fingerprint density at radius 2 is 2.03 bits per heavy atom. The number of fused-ring (bicyclic) bond motifs is 4. The van der Waals surface area contributed by atoms with E-state index < -0.39 is 11.4 Å². The van der Waals surface area contributed by atoms with E-state index in [1.54, 1.807) is 13.3 Å². The van der Waals surface area contributed by atoms with Crippen molar-refractivity contribution >= 4 is 22.3 Å². The highest BCUT2D eigenvalue weighted by atomic mass is 32.2. The van der Waals surface area contributed by atoms with Gasteiger partial charge in [0.1, 0.15) is 25.0 Å². The van der Waals surface area contributed by atoms with Crippen LogP contribution in [0.15, 0.2) is 47.5 Å². The highest BCUT2D eigenvalue weighted by molar-refractivity contribution is 7.89. The third-order valence-electron chi connectivity index (χ3n) is 7.75. The Labute approximate surface area is 219 Å². The molecule has 1 aromatic heterocycles. The molecule has 1 N–H and O–H groups in total. The van der Waals surface area contributed by atoms with Crippen LogP contribution in [0.4, 0.5) is 0 Å². The lowest BCUT2D eigenvalue weighted by Gasteiger charge is -2.30. The number of benzene rings is 2. The summed E-state index contributed by atoms with van der Waals surface area (Å²) < 4.78 is 33.2. The predicted octanol–water partition coefficient (Wildman–Crippen LogP) is 3.59. The van der Waals surface area contributed by atoms with E-state index >= 15 is 0 Å². The maximum absolute atomic E-state index is 13.1. The van der Waals surface area contributed by atoms with Gasteiger partial charge in [-0.15, -0.1) is 4.72 Å². The lowest BCUT2D eigenvalue weighted by atomic mass is 9.87. The number of pyridine rings is 1. The molecule has 0 amide bonds. The Morgan fingerprint density at radius 3 is 2.86 bits per heavy atom. The largest absolute Gasteiger partial charge is 0.593 e. The van der Waals surface area contributed by atoms with Crippen LogP contribution in [-0.4, -0.2) is 59.9 Å². The van der Waals surface area contributed by atoms with Crippen LogP contribution in [0.25, 0.3) is 10.9 Å². The quantitative estimate of drug-likeness (QED) is 0.474. The van der Waals surface area contributed by atoms with Gasteiger partial charge in [-0.25, -0.2) is 0 Å². The maximum atomic E-state index is 13.1. The molecule has 0 spiro atoms. The summed E-state index contributed by atoms with van der Waals surface area (Å²) in [7, 11) is 1.65. The molecule has 9 heteroatoms. The van der Waals surface area contributed by atoms with Crippen LogP contribution in [0.5, 0.6) is 17.2 Å². The van der Waals surface area contributed by atoms with Gasteiger partial charge in [0.2, 0.25) is 0 Å². The molecule has 4 unspecified atom stereocenters. The van der Waals surface area contributed by atoms with Crippen LogP contribution < -0.4 is 18.9 Å². The van der Waals surface area contributed by atoms with E-state index in [9.17, 15) is 9.81 Å². The van der Waals surface area contributed by atoms with Gasteiger partial charge in [-0.2, -0.15) is 5.26 Å². The third-order valence-corrected chi connectivity index (χ3v) is 8.98. The van der Waals surface area contributed by atoms with Crippen LogP contribution in [0.3, 0.4) is 0 Å². The molecule has 37 heavy (non-hydrogen) atoms. The standard InChI is InChI=1S/C28H30N4O4S/c1-34-22-2-4-26-25(13-22)24(19(15-29)16-30-26)6-7-32-17-18-10-20(12-21(32)11-18)31-37(33)23-3-5-27-28(14-23)36-9-8-35-27/h2-5,13-14,16,18,20-21,31H,6-12,17H2,1H3. The monoisotopic (exact) mass is 518 g/mol. The van der Waals surface area contributed by atoms with Crippen molar-refractivity contribution in [3.63, 3.8) is 0 Å². The van der Waals surface area contributed by atoms with E-state index in [1.807, 2.05) is 36.4 Å². The summed E-state index contributed by atoms with van der Waals surface area (Å²) in [6.45, 7) is 2.97.